The molecule has 0 fully saturated rings. The van der Waals surface area contributed by atoms with Crippen molar-refractivity contribution in [3.63, 3.8) is 0 Å². The SMILES string of the molecule is CCOC(=O)CCCn1cc(C(=O)O)c(=O)cc1C. The molecule has 0 saturated carbocycles. The summed E-state index contributed by atoms with van der Waals surface area (Å²) in [4.78, 5) is 33.5. The van der Waals surface area contributed by atoms with Crippen LogP contribution in [0.2, 0.25) is 0 Å². The first-order chi connectivity index (χ1) is 8.95. The fourth-order valence-corrected chi connectivity index (χ4v) is 1.70. The van der Waals surface area contributed by atoms with E-state index in [2.05, 4.69) is 0 Å². The average molecular weight is 267 g/mol. The van der Waals surface area contributed by atoms with Gasteiger partial charge in [-0.05, 0) is 20.3 Å². The van der Waals surface area contributed by atoms with Gasteiger partial charge in [0, 0.05) is 30.9 Å². The van der Waals surface area contributed by atoms with Gasteiger partial charge in [0.2, 0.25) is 0 Å². The number of carbonyl (C=O) groups excluding carboxylic acids is 1. The van der Waals surface area contributed by atoms with E-state index < -0.39 is 11.4 Å². The molecule has 1 aromatic rings. The van der Waals surface area contributed by atoms with Crippen molar-refractivity contribution >= 4 is 11.9 Å². The molecule has 1 aromatic heterocycles. The topological polar surface area (TPSA) is 85.6 Å². The lowest BCUT2D eigenvalue weighted by atomic mass is 10.2. The summed E-state index contributed by atoms with van der Waals surface area (Å²) in [7, 11) is 0. The van der Waals surface area contributed by atoms with Crippen LogP contribution in [0.3, 0.4) is 0 Å². The Labute approximate surface area is 110 Å². The van der Waals surface area contributed by atoms with Crippen LogP contribution in [0.25, 0.3) is 0 Å². The zero-order valence-corrected chi connectivity index (χ0v) is 11.0. The number of aromatic nitrogens is 1. The molecule has 0 radical (unpaired) electrons. The Morgan fingerprint density at radius 1 is 1.42 bits per heavy atom. The maximum atomic E-state index is 11.4. The monoisotopic (exact) mass is 267 g/mol. The van der Waals surface area contributed by atoms with Crippen molar-refractivity contribution in [1.29, 1.82) is 0 Å². The smallest absolute Gasteiger partial charge is 0.341 e. The number of carboxylic acid groups (broad SMARTS) is 1. The average Bonchev–Trinajstić information content (AvgIpc) is 2.31. The fraction of sp³-hybridized carbons (Fsp3) is 0.462. The maximum absolute atomic E-state index is 11.4. The highest BCUT2D eigenvalue weighted by atomic mass is 16.5. The van der Waals surface area contributed by atoms with Crippen molar-refractivity contribution in [2.75, 3.05) is 6.61 Å². The molecule has 1 heterocycles. The van der Waals surface area contributed by atoms with Gasteiger partial charge in [-0.2, -0.15) is 0 Å². The van der Waals surface area contributed by atoms with E-state index in [1.54, 1.807) is 18.4 Å². The molecule has 0 unspecified atom stereocenters. The second kappa shape index (κ2) is 6.72. The van der Waals surface area contributed by atoms with Crippen LogP contribution in [0.4, 0.5) is 0 Å². The molecule has 6 nitrogen and oxygen atoms in total. The summed E-state index contributed by atoms with van der Waals surface area (Å²) in [5.74, 6) is -1.52. The van der Waals surface area contributed by atoms with E-state index in [1.165, 1.54) is 12.3 Å². The summed E-state index contributed by atoms with van der Waals surface area (Å²) in [6.45, 7) is 4.27. The molecule has 6 heteroatoms. The Balaban J connectivity index is 2.73. The van der Waals surface area contributed by atoms with E-state index in [0.29, 0.717) is 25.3 Å². The standard InChI is InChI=1S/C13H17NO5/c1-3-19-12(16)5-4-6-14-8-10(13(17)18)11(15)7-9(14)2/h7-8H,3-6H2,1-2H3,(H,17,18). The van der Waals surface area contributed by atoms with Crippen LogP contribution in [0, 0.1) is 6.92 Å². The maximum Gasteiger partial charge on any atom is 0.341 e. The summed E-state index contributed by atoms with van der Waals surface area (Å²) in [6, 6.07) is 1.29. The normalized spacial score (nSPS) is 10.2. The van der Waals surface area contributed by atoms with E-state index in [0.717, 1.165) is 0 Å². The van der Waals surface area contributed by atoms with Crippen LogP contribution in [-0.4, -0.2) is 28.2 Å². The summed E-state index contributed by atoms with van der Waals surface area (Å²) in [5.41, 5.74) is -0.104. The first kappa shape index (κ1) is 14.9. The van der Waals surface area contributed by atoms with E-state index in [-0.39, 0.29) is 18.0 Å². The van der Waals surface area contributed by atoms with Crippen LogP contribution < -0.4 is 5.43 Å². The van der Waals surface area contributed by atoms with Gasteiger partial charge in [-0.15, -0.1) is 0 Å². The van der Waals surface area contributed by atoms with Gasteiger partial charge in [0.25, 0.3) is 0 Å². The molecule has 0 saturated heterocycles. The minimum Gasteiger partial charge on any atom is -0.477 e. The van der Waals surface area contributed by atoms with Crippen molar-refractivity contribution in [2.45, 2.75) is 33.2 Å². The number of pyridine rings is 1. The molecule has 0 aliphatic rings. The largest absolute Gasteiger partial charge is 0.477 e. The highest BCUT2D eigenvalue weighted by Crippen LogP contribution is 2.03. The number of hydrogen-bond donors (Lipinski definition) is 1. The quantitative estimate of drug-likeness (QED) is 0.783. The number of carboxylic acids is 1. The van der Waals surface area contributed by atoms with Crippen LogP contribution >= 0.6 is 0 Å². The number of ether oxygens (including phenoxy) is 1. The molecular formula is C13H17NO5. The van der Waals surface area contributed by atoms with E-state index in [9.17, 15) is 14.4 Å². The van der Waals surface area contributed by atoms with Crippen LogP contribution in [0.5, 0.6) is 0 Å². The van der Waals surface area contributed by atoms with Gasteiger partial charge in [-0.3, -0.25) is 9.59 Å². The molecule has 0 aliphatic heterocycles. The van der Waals surface area contributed by atoms with Crippen molar-refractivity contribution in [3.05, 3.63) is 33.7 Å². The predicted octanol–water partition coefficient (Wildman–Crippen LogP) is 1.20. The molecule has 0 bridgehead atoms. The van der Waals surface area contributed by atoms with Crippen molar-refractivity contribution in [1.82, 2.24) is 4.57 Å². The second-order valence-electron chi connectivity index (χ2n) is 4.10. The summed E-state index contributed by atoms with van der Waals surface area (Å²) >= 11 is 0. The van der Waals surface area contributed by atoms with E-state index >= 15 is 0 Å². The van der Waals surface area contributed by atoms with Crippen molar-refractivity contribution < 1.29 is 19.4 Å². The van der Waals surface area contributed by atoms with Crippen LogP contribution in [-0.2, 0) is 16.1 Å². The Kier molecular flexibility index (Phi) is 5.29. The number of rotatable bonds is 6. The number of aromatic carboxylic acids is 1. The zero-order valence-electron chi connectivity index (χ0n) is 11.0. The Morgan fingerprint density at radius 3 is 2.68 bits per heavy atom. The van der Waals surface area contributed by atoms with Gasteiger partial charge >= 0.3 is 11.9 Å². The van der Waals surface area contributed by atoms with Gasteiger partial charge in [-0.25, -0.2) is 4.79 Å². The molecule has 0 atom stereocenters. The summed E-state index contributed by atoms with van der Waals surface area (Å²) < 4.78 is 6.46. The van der Waals surface area contributed by atoms with Crippen molar-refractivity contribution in [2.24, 2.45) is 0 Å². The second-order valence-corrected chi connectivity index (χ2v) is 4.10. The third-order valence-electron chi connectivity index (χ3n) is 2.66. The van der Waals surface area contributed by atoms with Gasteiger partial charge in [0.1, 0.15) is 5.56 Å². The summed E-state index contributed by atoms with van der Waals surface area (Å²) in [5, 5.41) is 8.88. The Hall–Kier alpha value is -2.11. The van der Waals surface area contributed by atoms with Gasteiger partial charge in [-0.1, -0.05) is 0 Å². The van der Waals surface area contributed by atoms with Gasteiger partial charge < -0.3 is 14.4 Å². The van der Waals surface area contributed by atoms with E-state index in [1.807, 2.05) is 0 Å². The van der Waals surface area contributed by atoms with E-state index in [4.69, 9.17) is 9.84 Å². The van der Waals surface area contributed by atoms with Gasteiger partial charge in [0.05, 0.1) is 6.61 Å². The molecule has 0 amide bonds. The third-order valence-corrected chi connectivity index (χ3v) is 2.66. The number of carbonyl (C=O) groups is 2. The first-order valence-electron chi connectivity index (χ1n) is 6.05. The van der Waals surface area contributed by atoms with Crippen LogP contribution in [0.15, 0.2) is 17.1 Å². The fourth-order valence-electron chi connectivity index (χ4n) is 1.70. The number of nitrogens with zero attached hydrogens (tertiary/aromatic N) is 1. The van der Waals surface area contributed by atoms with Gasteiger partial charge in [0.15, 0.2) is 5.43 Å². The zero-order chi connectivity index (χ0) is 14.4. The lowest BCUT2D eigenvalue weighted by molar-refractivity contribution is -0.143. The molecule has 104 valence electrons. The molecule has 1 rings (SSSR count). The molecule has 0 aliphatic carbocycles. The lowest BCUT2D eigenvalue weighted by Gasteiger charge is -2.11. The summed E-state index contributed by atoms with van der Waals surface area (Å²) in [6.07, 6.45) is 2.11. The minimum atomic E-state index is -1.25. The Bertz CT molecular complexity index is 532. The number of hydrogen-bond acceptors (Lipinski definition) is 4. The highest BCUT2D eigenvalue weighted by Gasteiger charge is 2.11. The third kappa shape index (κ3) is 4.24. The molecule has 19 heavy (non-hydrogen) atoms. The first-order valence-corrected chi connectivity index (χ1v) is 6.05. The lowest BCUT2D eigenvalue weighted by Crippen LogP contribution is -2.19. The molecular weight excluding hydrogens is 250 g/mol. The number of aryl methyl sites for hydroxylation is 2. The predicted molar refractivity (Wildman–Crippen MR) is 68.3 cm³/mol. The molecule has 1 N–H and O–H groups in total. The van der Waals surface area contributed by atoms with Crippen molar-refractivity contribution in [3.8, 4) is 0 Å². The highest BCUT2D eigenvalue weighted by molar-refractivity contribution is 5.87. The minimum absolute atomic E-state index is 0.262. The number of esters is 1. The Morgan fingerprint density at radius 2 is 2.11 bits per heavy atom. The molecule has 0 spiro atoms. The molecule has 0 aromatic carbocycles. The van der Waals surface area contributed by atoms with Crippen LogP contribution in [0.1, 0.15) is 35.8 Å².